The van der Waals surface area contributed by atoms with Gasteiger partial charge in [-0.3, -0.25) is 0 Å². The first-order chi connectivity index (χ1) is 10.4. The fourth-order valence-electron chi connectivity index (χ4n) is 1.95. The van der Waals surface area contributed by atoms with Gasteiger partial charge < -0.3 is 10.6 Å². The van der Waals surface area contributed by atoms with Gasteiger partial charge in [0, 0.05) is 5.69 Å². The Morgan fingerprint density at radius 2 is 1.73 bits per heavy atom. The van der Waals surface area contributed by atoms with Gasteiger partial charge in [0.05, 0.1) is 11.6 Å². The number of hydrogen-bond acceptors (Lipinski definition) is 1. The summed E-state index contributed by atoms with van der Waals surface area (Å²) in [5, 5.41) is 5.22. The van der Waals surface area contributed by atoms with E-state index in [-0.39, 0.29) is 0 Å². The van der Waals surface area contributed by atoms with Crippen LogP contribution in [0.5, 0.6) is 0 Å². The zero-order valence-corrected chi connectivity index (χ0v) is 11.8. The van der Waals surface area contributed by atoms with Crippen molar-refractivity contribution in [2.75, 3.05) is 5.32 Å². The summed E-state index contributed by atoms with van der Waals surface area (Å²) in [5.41, 5.74) is 0.261. The molecule has 2 rings (SSSR count). The van der Waals surface area contributed by atoms with E-state index in [1.165, 1.54) is 6.07 Å². The Labute approximate surface area is 126 Å². The van der Waals surface area contributed by atoms with E-state index >= 15 is 0 Å². The third-order valence-electron chi connectivity index (χ3n) is 3.09. The van der Waals surface area contributed by atoms with E-state index in [1.807, 2.05) is 6.07 Å². The summed E-state index contributed by atoms with van der Waals surface area (Å²) in [6.45, 7) is 1.63. The summed E-state index contributed by atoms with van der Waals surface area (Å²) in [6, 6.07) is 12.7. The van der Waals surface area contributed by atoms with Gasteiger partial charge in [-0.1, -0.05) is 30.3 Å². The number of benzene rings is 2. The quantitative estimate of drug-likeness (QED) is 0.855. The minimum Gasteiger partial charge on any atom is -0.331 e. The van der Waals surface area contributed by atoms with E-state index in [2.05, 4.69) is 10.6 Å². The summed E-state index contributed by atoms with van der Waals surface area (Å²) in [7, 11) is 0. The van der Waals surface area contributed by atoms with Gasteiger partial charge >= 0.3 is 12.2 Å². The second-order valence-corrected chi connectivity index (χ2v) is 4.81. The molecule has 3 nitrogen and oxygen atoms in total. The van der Waals surface area contributed by atoms with Crippen LogP contribution in [-0.4, -0.2) is 6.03 Å². The van der Waals surface area contributed by atoms with Gasteiger partial charge in [-0.15, -0.1) is 0 Å². The summed E-state index contributed by atoms with van der Waals surface area (Å²) in [6.07, 6.45) is -4.40. The first-order valence-corrected chi connectivity index (χ1v) is 6.66. The minimum atomic E-state index is -4.40. The van der Waals surface area contributed by atoms with Crippen LogP contribution in [-0.2, 0) is 6.18 Å². The first-order valence-electron chi connectivity index (χ1n) is 6.66. The predicted molar refractivity (Wildman–Crippen MR) is 78.5 cm³/mol. The Kier molecular flexibility index (Phi) is 4.70. The smallest absolute Gasteiger partial charge is 0.331 e. The van der Waals surface area contributed by atoms with Crippen LogP contribution in [0.4, 0.5) is 23.7 Å². The van der Waals surface area contributed by atoms with Gasteiger partial charge in [0.2, 0.25) is 0 Å². The average molecular weight is 308 g/mol. The lowest BCUT2D eigenvalue weighted by Gasteiger charge is -2.16. The largest absolute Gasteiger partial charge is 0.416 e. The van der Waals surface area contributed by atoms with Gasteiger partial charge in [0.25, 0.3) is 0 Å². The third-order valence-corrected chi connectivity index (χ3v) is 3.09. The highest BCUT2D eigenvalue weighted by Crippen LogP contribution is 2.30. The molecule has 0 spiro atoms. The van der Waals surface area contributed by atoms with Crippen molar-refractivity contribution in [1.29, 1.82) is 0 Å². The summed E-state index contributed by atoms with van der Waals surface area (Å²) in [4.78, 5) is 11.8. The van der Waals surface area contributed by atoms with E-state index in [0.29, 0.717) is 11.3 Å². The summed E-state index contributed by atoms with van der Waals surface area (Å²) in [5.74, 6) is 0. The molecule has 1 atom stereocenters. The molecule has 0 aromatic heterocycles. The first kappa shape index (κ1) is 15.9. The van der Waals surface area contributed by atoms with Crippen molar-refractivity contribution in [3.05, 3.63) is 65.7 Å². The number of carbonyl (C=O) groups is 1. The average Bonchev–Trinajstić information content (AvgIpc) is 2.47. The van der Waals surface area contributed by atoms with Gasteiger partial charge in [0.1, 0.15) is 0 Å². The van der Waals surface area contributed by atoms with E-state index in [0.717, 1.165) is 12.1 Å². The number of nitrogens with one attached hydrogen (secondary N) is 2. The second kappa shape index (κ2) is 6.51. The van der Waals surface area contributed by atoms with Crippen LogP contribution in [0.25, 0.3) is 0 Å². The molecule has 6 heteroatoms. The Bertz CT molecular complexity index is 641. The number of urea groups is 1. The molecule has 0 aliphatic carbocycles. The monoisotopic (exact) mass is 308 g/mol. The van der Waals surface area contributed by atoms with Crippen LogP contribution in [0.2, 0.25) is 0 Å². The maximum Gasteiger partial charge on any atom is 0.416 e. The summed E-state index contributed by atoms with van der Waals surface area (Å²) < 4.78 is 38.0. The van der Waals surface area contributed by atoms with Crippen molar-refractivity contribution in [2.45, 2.75) is 19.1 Å². The molecule has 0 radical (unpaired) electrons. The second-order valence-electron chi connectivity index (χ2n) is 4.81. The van der Waals surface area contributed by atoms with Crippen molar-refractivity contribution in [2.24, 2.45) is 0 Å². The lowest BCUT2D eigenvalue weighted by Crippen LogP contribution is -2.31. The van der Waals surface area contributed by atoms with Crippen molar-refractivity contribution in [3.63, 3.8) is 0 Å². The molecule has 2 amide bonds. The molecule has 1 unspecified atom stereocenters. The Hall–Kier alpha value is -2.50. The standard InChI is InChI=1S/C16H15F3N2O/c1-11(12-6-5-7-13(10-12)16(17,18)19)20-15(22)21-14-8-3-2-4-9-14/h2-11H,1H3,(H2,20,21,22). The molecule has 2 aromatic rings. The number of amides is 2. The highest BCUT2D eigenvalue weighted by atomic mass is 19.4. The van der Waals surface area contributed by atoms with Gasteiger partial charge in [-0.25, -0.2) is 4.79 Å². The number of rotatable bonds is 3. The van der Waals surface area contributed by atoms with Crippen molar-refractivity contribution < 1.29 is 18.0 Å². The normalized spacial score (nSPS) is 12.5. The Balaban J connectivity index is 2.03. The zero-order valence-electron chi connectivity index (χ0n) is 11.8. The molecule has 0 heterocycles. The van der Waals surface area contributed by atoms with E-state index in [1.54, 1.807) is 37.3 Å². The van der Waals surface area contributed by atoms with Crippen LogP contribution >= 0.6 is 0 Å². The Morgan fingerprint density at radius 1 is 1.05 bits per heavy atom. The van der Waals surface area contributed by atoms with Crippen molar-refractivity contribution in [3.8, 4) is 0 Å². The molecule has 0 aliphatic heterocycles. The van der Waals surface area contributed by atoms with Crippen molar-refractivity contribution in [1.82, 2.24) is 5.32 Å². The topological polar surface area (TPSA) is 41.1 Å². The van der Waals surface area contributed by atoms with Crippen LogP contribution < -0.4 is 10.6 Å². The predicted octanol–water partition coefficient (Wildman–Crippen LogP) is 4.59. The van der Waals surface area contributed by atoms with Crippen LogP contribution in [0.15, 0.2) is 54.6 Å². The maximum atomic E-state index is 12.7. The molecule has 0 saturated heterocycles. The molecule has 0 fully saturated rings. The molecule has 0 saturated carbocycles. The third kappa shape index (κ3) is 4.25. The van der Waals surface area contributed by atoms with Crippen molar-refractivity contribution >= 4 is 11.7 Å². The van der Waals surface area contributed by atoms with Gasteiger partial charge in [0.15, 0.2) is 0 Å². The Morgan fingerprint density at radius 3 is 2.36 bits per heavy atom. The van der Waals surface area contributed by atoms with Crippen LogP contribution in [0.1, 0.15) is 24.1 Å². The fraction of sp³-hybridized carbons (Fsp3) is 0.188. The molecule has 0 bridgehead atoms. The molecule has 2 aromatic carbocycles. The molecule has 116 valence electrons. The number of alkyl halides is 3. The van der Waals surface area contributed by atoms with Crippen LogP contribution in [0.3, 0.4) is 0 Å². The maximum absolute atomic E-state index is 12.7. The highest BCUT2D eigenvalue weighted by molar-refractivity contribution is 5.89. The number of anilines is 1. The zero-order chi connectivity index (χ0) is 16.2. The molecule has 22 heavy (non-hydrogen) atoms. The lowest BCUT2D eigenvalue weighted by molar-refractivity contribution is -0.137. The molecule has 0 aliphatic rings. The molecular formula is C16H15F3N2O. The fourth-order valence-corrected chi connectivity index (χ4v) is 1.95. The number of para-hydroxylation sites is 1. The molecule has 2 N–H and O–H groups in total. The van der Waals surface area contributed by atoms with Crippen LogP contribution in [0, 0.1) is 0 Å². The van der Waals surface area contributed by atoms with E-state index < -0.39 is 23.8 Å². The number of hydrogen-bond donors (Lipinski definition) is 2. The number of halogens is 3. The lowest BCUT2D eigenvalue weighted by atomic mass is 10.1. The van der Waals surface area contributed by atoms with E-state index in [4.69, 9.17) is 0 Å². The molecular weight excluding hydrogens is 293 g/mol. The SMILES string of the molecule is CC(NC(=O)Nc1ccccc1)c1cccc(C(F)(F)F)c1. The minimum absolute atomic E-state index is 0.387. The summed E-state index contributed by atoms with van der Waals surface area (Å²) >= 11 is 0. The van der Waals surface area contributed by atoms with Gasteiger partial charge in [-0.05, 0) is 36.8 Å². The number of carbonyl (C=O) groups excluding carboxylic acids is 1. The van der Waals surface area contributed by atoms with Gasteiger partial charge in [-0.2, -0.15) is 13.2 Å². The highest BCUT2D eigenvalue weighted by Gasteiger charge is 2.30. The van der Waals surface area contributed by atoms with E-state index in [9.17, 15) is 18.0 Å².